The van der Waals surface area contributed by atoms with E-state index in [1.807, 2.05) is 11.9 Å². The lowest BCUT2D eigenvalue weighted by molar-refractivity contribution is -0.116. The van der Waals surface area contributed by atoms with Gasteiger partial charge in [-0.05, 0) is 12.6 Å². The quantitative estimate of drug-likeness (QED) is 0.210. The van der Waals surface area contributed by atoms with Gasteiger partial charge in [0.1, 0.15) is 0 Å². The van der Waals surface area contributed by atoms with Crippen LogP contribution in [0.1, 0.15) is 0 Å². The zero-order chi connectivity index (χ0) is 12.9. The van der Waals surface area contributed by atoms with Crippen LogP contribution in [0.15, 0.2) is 17.3 Å². The molecule has 0 saturated heterocycles. The largest absolute Gasteiger partial charge is 0.380 e. The van der Waals surface area contributed by atoms with Crippen LogP contribution >= 0.6 is 0 Å². The first-order valence-electron chi connectivity index (χ1n) is 5.36. The van der Waals surface area contributed by atoms with E-state index in [2.05, 4.69) is 15.3 Å². The highest BCUT2D eigenvalue weighted by Gasteiger charge is 1.95. The molecule has 0 aliphatic heterocycles. The van der Waals surface area contributed by atoms with Crippen LogP contribution in [0.3, 0.4) is 0 Å². The number of likely N-dealkylation sites (N-methyl/N-ethyl adjacent to an activating group) is 2. The van der Waals surface area contributed by atoms with Gasteiger partial charge in [-0.3, -0.25) is 4.79 Å². The van der Waals surface area contributed by atoms with Gasteiger partial charge < -0.3 is 15.0 Å². The van der Waals surface area contributed by atoms with E-state index < -0.39 is 0 Å². The van der Waals surface area contributed by atoms with Gasteiger partial charge >= 0.3 is 0 Å². The molecule has 0 radical (unpaired) electrons. The second-order valence-corrected chi connectivity index (χ2v) is 3.35. The molecular formula is C10H19N5O2. The molecule has 0 spiro atoms. The van der Waals surface area contributed by atoms with Gasteiger partial charge in [-0.2, -0.15) is 0 Å². The zero-order valence-electron chi connectivity index (χ0n) is 10.3. The van der Waals surface area contributed by atoms with Gasteiger partial charge in [0, 0.05) is 37.7 Å². The van der Waals surface area contributed by atoms with E-state index in [1.54, 1.807) is 13.1 Å². The normalized spacial score (nSPS) is 10.5. The molecule has 7 heteroatoms. The first-order valence-corrected chi connectivity index (χ1v) is 5.36. The molecule has 1 N–H and O–H groups in total. The van der Waals surface area contributed by atoms with E-state index in [0.29, 0.717) is 26.3 Å². The molecular weight excluding hydrogens is 222 g/mol. The van der Waals surface area contributed by atoms with Crippen LogP contribution in [0.25, 0.3) is 10.4 Å². The fraction of sp³-hybridized carbons (Fsp3) is 0.700. The Bertz CT molecular complexity index is 286. The fourth-order valence-electron chi connectivity index (χ4n) is 0.987. The number of ether oxygens (including phenoxy) is 1. The Kier molecular flexibility index (Phi) is 9.94. The summed E-state index contributed by atoms with van der Waals surface area (Å²) in [5, 5.41) is 5.86. The second-order valence-electron chi connectivity index (χ2n) is 3.35. The molecule has 0 aliphatic rings. The van der Waals surface area contributed by atoms with E-state index in [4.69, 9.17) is 10.3 Å². The molecule has 0 saturated carbocycles. The molecule has 0 aliphatic carbocycles. The third-order valence-electron chi connectivity index (χ3n) is 1.95. The molecule has 17 heavy (non-hydrogen) atoms. The average Bonchev–Trinajstić information content (AvgIpc) is 2.33. The second kappa shape index (κ2) is 10.9. The van der Waals surface area contributed by atoms with Crippen molar-refractivity contribution in [2.24, 2.45) is 5.11 Å². The number of nitrogens with zero attached hydrogens (tertiary/aromatic N) is 4. The van der Waals surface area contributed by atoms with Gasteiger partial charge in [-0.25, -0.2) is 0 Å². The van der Waals surface area contributed by atoms with Crippen molar-refractivity contribution in [2.75, 3.05) is 46.9 Å². The summed E-state index contributed by atoms with van der Waals surface area (Å²) in [5.74, 6) is -0.107. The number of carbonyl (C=O) groups is 1. The molecule has 0 aromatic carbocycles. The molecule has 0 rings (SSSR count). The van der Waals surface area contributed by atoms with Crippen molar-refractivity contribution in [3.8, 4) is 0 Å². The minimum Gasteiger partial charge on any atom is -0.380 e. The first kappa shape index (κ1) is 15.4. The predicted molar refractivity (Wildman–Crippen MR) is 65.5 cm³/mol. The SMILES string of the molecule is CNC(=O)/C=C/CN(C)CCOCCN=[N+]=[N-]. The molecule has 1 amide bonds. The van der Waals surface area contributed by atoms with Gasteiger partial charge in [0.2, 0.25) is 5.91 Å². The van der Waals surface area contributed by atoms with Crippen LogP contribution in [-0.4, -0.2) is 57.8 Å². The topological polar surface area (TPSA) is 90.3 Å². The zero-order valence-corrected chi connectivity index (χ0v) is 10.3. The third kappa shape index (κ3) is 10.7. The number of rotatable bonds is 9. The lowest BCUT2D eigenvalue weighted by atomic mass is 10.4. The van der Waals surface area contributed by atoms with Crippen molar-refractivity contribution in [1.82, 2.24) is 10.2 Å². The van der Waals surface area contributed by atoms with Crippen molar-refractivity contribution in [3.63, 3.8) is 0 Å². The smallest absolute Gasteiger partial charge is 0.243 e. The number of hydrogen-bond donors (Lipinski definition) is 1. The Morgan fingerprint density at radius 1 is 1.59 bits per heavy atom. The molecule has 0 fully saturated rings. The lowest BCUT2D eigenvalue weighted by Crippen LogP contribution is -2.24. The van der Waals surface area contributed by atoms with Crippen molar-refractivity contribution in [2.45, 2.75) is 0 Å². The molecule has 0 aromatic heterocycles. The van der Waals surface area contributed by atoms with Crippen LogP contribution in [-0.2, 0) is 9.53 Å². The van der Waals surface area contributed by atoms with Crippen LogP contribution in [0, 0.1) is 0 Å². The van der Waals surface area contributed by atoms with E-state index in [-0.39, 0.29) is 5.91 Å². The summed E-state index contributed by atoms with van der Waals surface area (Å²) in [6.07, 6.45) is 3.29. The van der Waals surface area contributed by atoms with Gasteiger partial charge in [0.05, 0.1) is 13.2 Å². The first-order chi connectivity index (χ1) is 8.20. The summed E-state index contributed by atoms with van der Waals surface area (Å²) in [7, 11) is 3.53. The van der Waals surface area contributed by atoms with Gasteiger partial charge in [0.15, 0.2) is 0 Å². The molecule has 0 atom stereocenters. The van der Waals surface area contributed by atoms with Crippen LogP contribution in [0.4, 0.5) is 0 Å². The van der Waals surface area contributed by atoms with E-state index in [0.717, 1.165) is 6.54 Å². The summed E-state index contributed by atoms with van der Waals surface area (Å²) in [6.45, 7) is 2.81. The van der Waals surface area contributed by atoms with Gasteiger partial charge in [-0.15, -0.1) is 0 Å². The van der Waals surface area contributed by atoms with Crippen LogP contribution < -0.4 is 5.32 Å². The average molecular weight is 241 g/mol. The number of azide groups is 1. The predicted octanol–water partition coefficient (Wildman–Crippen LogP) is 0.547. The van der Waals surface area contributed by atoms with Crippen molar-refractivity contribution in [3.05, 3.63) is 22.6 Å². The molecule has 7 nitrogen and oxygen atoms in total. The van der Waals surface area contributed by atoms with Crippen molar-refractivity contribution < 1.29 is 9.53 Å². The standard InChI is InChI=1S/C10H19N5O2/c1-12-10(16)4-3-6-15(2)7-9-17-8-5-13-14-11/h3-4H,5-9H2,1-2H3,(H,12,16)/b4-3+. The lowest BCUT2D eigenvalue weighted by Gasteiger charge is -2.13. The van der Waals surface area contributed by atoms with Gasteiger partial charge in [0.25, 0.3) is 0 Å². The van der Waals surface area contributed by atoms with Crippen molar-refractivity contribution in [1.29, 1.82) is 0 Å². The Morgan fingerprint density at radius 2 is 2.35 bits per heavy atom. The monoisotopic (exact) mass is 241 g/mol. The molecule has 0 unspecified atom stereocenters. The molecule has 0 heterocycles. The summed E-state index contributed by atoms with van der Waals surface area (Å²) < 4.78 is 5.25. The Balaban J connectivity index is 3.46. The summed E-state index contributed by atoms with van der Waals surface area (Å²) in [6, 6.07) is 0. The Morgan fingerprint density at radius 3 is 3.00 bits per heavy atom. The van der Waals surface area contributed by atoms with E-state index in [9.17, 15) is 4.79 Å². The van der Waals surface area contributed by atoms with Crippen LogP contribution in [0.5, 0.6) is 0 Å². The number of nitrogens with one attached hydrogen (secondary N) is 1. The third-order valence-corrected chi connectivity index (χ3v) is 1.95. The number of carbonyl (C=O) groups excluding carboxylic acids is 1. The summed E-state index contributed by atoms with van der Waals surface area (Å²) >= 11 is 0. The maximum atomic E-state index is 10.9. The van der Waals surface area contributed by atoms with Gasteiger partial charge in [-0.1, -0.05) is 11.2 Å². The Hall–Kier alpha value is -1.56. The molecule has 0 aromatic rings. The maximum absolute atomic E-state index is 10.9. The minimum atomic E-state index is -0.107. The fourth-order valence-corrected chi connectivity index (χ4v) is 0.987. The van der Waals surface area contributed by atoms with Crippen molar-refractivity contribution >= 4 is 5.91 Å². The van der Waals surface area contributed by atoms with E-state index >= 15 is 0 Å². The number of amides is 1. The van der Waals surface area contributed by atoms with E-state index in [1.165, 1.54) is 6.08 Å². The molecule has 0 bridgehead atoms. The Labute approximate surface area is 101 Å². The van der Waals surface area contributed by atoms with Crippen LogP contribution in [0.2, 0.25) is 0 Å². The highest BCUT2D eigenvalue weighted by molar-refractivity contribution is 5.87. The highest BCUT2D eigenvalue weighted by atomic mass is 16.5. The molecule has 96 valence electrons. The maximum Gasteiger partial charge on any atom is 0.243 e. The number of hydrogen-bond acceptors (Lipinski definition) is 4. The summed E-state index contributed by atoms with van der Waals surface area (Å²) in [4.78, 5) is 15.5. The minimum absolute atomic E-state index is 0.107. The highest BCUT2D eigenvalue weighted by Crippen LogP contribution is 1.86. The summed E-state index contributed by atoms with van der Waals surface area (Å²) in [5.41, 5.74) is 8.03.